The summed E-state index contributed by atoms with van der Waals surface area (Å²) in [6, 6.07) is 19.4. The van der Waals surface area contributed by atoms with Gasteiger partial charge in [0.25, 0.3) is 5.91 Å². The molecular formula is C35H38F2N2O6. The Kier molecular flexibility index (Phi) is 11.1. The third-order valence-corrected chi connectivity index (χ3v) is 7.60. The number of benzene rings is 3. The van der Waals surface area contributed by atoms with Crippen molar-refractivity contribution in [3.63, 3.8) is 0 Å². The Bertz CT molecular complexity index is 1620. The molecule has 2 atom stereocenters. The van der Waals surface area contributed by atoms with Crippen molar-refractivity contribution in [1.29, 1.82) is 0 Å². The van der Waals surface area contributed by atoms with Gasteiger partial charge in [-0.15, -0.1) is 0 Å². The molecule has 238 valence electrons. The number of carbonyl (C=O) groups is 2. The molecule has 10 heteroatoms. The van der Waals surface area contributed by atoms with Crippen LogP contribution in [0.4, 0.5) is 8.78 Å². The first-order valence-corrected chi connectivity index (χ1v) is 14.8. The summed E-state index contributed by atoms with van der Waals surface area (Å²) in [6.45, 7) is 3.74. The molecule has 0 radical (unpaired) electrons. The largest absolute Gasteiger partial charge is 0.497 e. The number of methoxy groups -OCH3 is 1. The number of nitrogens with one attached hydrogen (secondary N) is 1. The average Bonchev–Trinajstić information content (AvgIpc) is 3.35. The van der Waals surface area contributed by atoms with Gasteiger partial charge in [0, 0.05) is 41.0 Å². The van der Waals surface area contributed by atoms with Crippen molar-refractivity contribution in [3.05, 3.63) is 101 Å². The Labute approximate surface area is 260 Å². The molecule has 0 aliphatic carbocycles. The predicted octanol–water partition coefficient (Wildman–Crippen LogP) is 6.14. The second kappa shape index (κ2) is 15.0. The van der Waals surface area contributed by atoms with Crippen LogP contribution in [-0.4, -0.2) is 51.1 Å². The Morgan fingerprint density at radius 3 is 2.18 bits per heavy atom. The van der Waals surface area contributed by atoms with Crippen molar-refractivity contribution >= 4 is 11.9 Å². The average molecular weight is 621 g/mol. The lowest BCUT2D eigenvalue weighted by molar-refractivity contribution is -0.139. The fourth-order valence-electron chi connectivity index (χ4n) is 5.57. The molecular weight excluding hydrogens is 582 g/mol. The van der Waals surface area contributed by atoms with E-state index in [1.807, 2.05) is 48.7 Å². The number of halogens is 2. The monoisotopic (exact) mass is 620 g/mol. The van der Waals surface area contributed by atoms with E-state index in [-0.39, 0.29) is 37.4 Å². The highest BCUT2D eigenvalue weighted by Crippen LogP contribution is 2.42. The smallest absolute Gasteiger partial charge is 0.305 e. The second-order valence-electron chi connectivity index (χ2n) is 11.2. The van der Waals surface area contributed by atoms with E-state index in [1.165, 1.54) is 25.3 Å². The summed E-state index contributed by atoms with van der Waals surface area (Å²) in [4.78, 5) is 25.1. The minimum atomic E-state index is -1.22. The molecule has 0 saturated carbocycles. The van der Waals surface area contributed by atoms with Crippen LogP contribution >= 0.6 is 0 Å². The molecule has 3 aromatic carbocycles. The number of nitrogens with zero attached hydrogens (tertiary/aromatic N) is 1. The summed E-state index contributed by atoms with van der Waals surface area (Å²) in [5, 5.41) is 32.7. The topological polar surface area (TPSA) is 121 Å². The van der Waals surface area contributed by atoms with Gasteiger partial charge in [0.15, 0.2) is 0 Å². The van der Waals surface area contributed by atoms with E-state index in [1.54, 1.807) is 24.3 Å². The second-order valence-corrected chi connectivity index (χ2v) is 11.2. The van der Waals surface area contributed by atoms with Crippen molar-refractivity contribution in [2.75, 3.05) is 7.11 Å². The molecule has 1 amide bonds. The number of ether oxygens (including phenoxy) is 1. The number of hydrogen-bond donors (Lipinski definition) is 4. The molecule has 8 nitrogen and oxygen atoms in total. The van der Waals surface area contributed by atoms with Gasteiger partial charge in [-0.2, -0.15) is 0 Å². The Morgan fingerprint density at radius 1 is 0.911 bits per heavy atom. The highest BCUT2D eigenvalue weighted by Gasteiger charge is 2.30. The number of aliphatic carboxylic acids is 1. The standard InChI is InChI=1S/C35H38F2N2O6/c1-21(2)39-30(16-14-26(40)17-27(41)18-31(42)43)32(23-9-12-25(36)13-10-23)33(22-7-5-4-6-8-22)34(39)35(44)38-20-24-11-15-28(45-3)19-29(24)37/h4-13,15,19,21,26-27,40-41H,14,16-18,20H2,1-3H3,(H,38,44)(H,42,43)/t26-,27-/m1/s1. The quantitative estimate of drug-likeness (QED) is 0.134. The Balaban J connectivity index is 1.84. The van der Waals surface area contributed by atoms with E-state index in [2.05, 4.69) is 5.32 Å². The van der Waals surface area contributed by atoms with Gasteiger partial charge in [-0.05, 0) is 62.4 Å². The Hall–Kier alpha value is -4.54. The summed E-state index contributed by atoms with van der Waals surface area (Å²) in [5.74, 6) is -2.21. The molecule has 1 heterocycles. The molecule has 0 spiro atoms. The fraction of sp³-hybridized carbons (Fsp3) is 0.314. The van der Waals surface area contributed by atoms with E-state index >= 15 is 0 Å². The minimum absolute atomic E-state index is 0.0897. The third kappa shape index (κ3) is 8.14. The zero-order valence-electron chi connectivity index (χ0n) is 25.5. The molecule has 0 aliphatic heterocycles. The van der Waals surface area contributed by atoms with Gasteiger partial charge in [0.05, 0.1) is 25.7 Å². The van der Waals surface area contributed by atoms with Gasteiger partial charge in [-0.1, -0.05) is 48.5 Å². The third-order valence-electron chi connectivity index (χ3n) is 7.60. The van der Waals surface area contributed by atoms with Crippen molar-refractivity contribution in [1.82, 2.24) is 9.88 Å². The highest BCUT2D eigenvalue weighted by atomic mass is 19.1. The van der Waals surface area contributed by atoms with Crippen molar-refractivity contribution in [2.45, 2.75) is 64.3 Å². The number of hydrogen-bond acceptors (Lipinski definition) is 5. The van der Waals surface area contributed by atoms with Crippen molar-refractivity contribution < 1.29 is 38.4 Å². The van der Waals surface area contributed by atoms with Crippen LogP contribution in [0.5, 0.6) is 5.75 Å². The molecule has 45 heavy (non-hydrogen) atoms. The number of rotatable bonds is 14. The highest BCUT2D eigenvalue weighted by molar-refractivity contribution is 6.05. The number of aliphatic hydroxyl groups excluding tert-OH is 2. The van der Waals surface area contributed by atoms with Crippen LogP contribution in [0.1, 0.15) is 60.9 Å². The predicted molar refractivity (Wildman–Crippen MR) is 167 cm³/mol. The number of aliphatic hydroxyl groups is 2. The molecule has 4 N–H and O–H groups in total. The van der Waals surface area contributed by atoms with Crippen LogP contribution in [0.2, 0.25) is 0 Å². The lowest BCUT2D eigenvalue weighted by Crippen LogP contribution is -2.27. The minimum Gasteiger partial charge on any atom is -0.497 e. The van der Waals surface area contributed by atoms with Gasteiger partial charge in [-0.3, -0.25) is 9.59 Å². The van der Waals surface area contributed by atoms with E-state index in [0.29, 0.717) is 33.8 Å². The first-order chi connectivity index (χ1) is 21.5. The molecule has 4 aromatic rings. The van der Waals surface area contributed by atoms with E-state index in [9.17, 15) is 28.6 Å². The van der Waals surface area contributed by atoms with E-state index in [0.717, 1.165) is 5.56 Å². The van der Waals surface area contributed by atoms with Gasteiger partial charge in [-0.25, -0.2) is 8.78 Å². The molecule has 4 rings (SSSR count). The molecule has 0 aliphatic rings. The first kappa shape index (κ1) is 33.4. The van der Waals surface area contributed by atoms with Crippen LogP contribution in [0.3, 0.4) is 0 Å². The van der Waals surface area contributed by atoms with Gasteiger partial charge in [0.2, 0.25) is 0 Å². The number of aromatic nitrogens is 1. The van der Waals surface area contributed by atoms with Gasteiger partial charge >= 0.3 is 5.97 Å². The molecule has 1 aromatic heterocycles. The van der Waals surface area contributed by atoms with Crippen LogP contribution in [0.25, 0.3) is 22.3 Å². The number of amides is 1. The lowest BCUT2D eigenvalue weighted by atomic mass is 9.92. The number of carboxylic acid groups (broad SMARTS) is 1. The first-order valence-electron chi connectivity index (χ1n) is 14.8. The molecule has 0 unspecified atom stereocenters. The number of carboxylic acids is 1. The summed E-state index contributed by atoms with van der Waals surface area (Å²) >= 11 is 0. The maximum absolute atomic E-state index is 14.8. The molecule has 0 fully saturated rings. The van der Waals surface area contributed by atoms with Crippen LogP contribution in [-0.2, 0) is 17.8 Å². The van der Waals surface area contributed by atoms with E-state index in [4.69, 9.17) is 9.84 Å². The SMILES string of the molecule is COc1ccc(CNC(=O)c2c(-c3ccccc3)c(-c3ccc(F)cc3)c(CC[C@@H](O)C[C@@H](O)CC(=O)O)n2C(C)C)c(F)c1. The van der Waals surface area contributed by atoms with Gasteiger partial charge in [0.1, 0.15) is 23.1 Å². The summed E-state index contributed by atoms with van der Waals surface area (Å²) < 4.78 is 35.8. The summed E-state index contributed by atoms with van der Waals surface area (Å²) in [7, 11) is 1.44. The summed E-state index contributed by atoms with van der Waals surface area (Å²) in [6.07, 6.45) is -2.44. The maximum Gasteiger partial charge on any atom is 0.305 e. The Morgan fingerprint density at radius 2 is 1.58 bits per heavy atom. The molecule has 0 saturated heterocycles. The lowest BCUT2D eigenvalue weighted by Gasteiger charge is -2.20. The van der Waals surface area contributed by atoms with Crippen LogP contribution < -0.4 is 10.1 Å². The van der Waals surface area contributed by atoms with Crippen molar-refractivity contribution in [2.24, 2.45) is 0 Å². The zero-order valence-corrected chi connectivity index (χ0v) is 25.5. The zero-order chi connectivity index (χ0) is 32.7. The van der Waals surface area contributed by atoms with Crippen molar-refractivity contribution in [3.8, 4) is 28.0 Å². The fourth-order valence-corrected chi connectivity index (χ4v) is 5.57. The van der Waals surface area contributed by atoms with Crippen LogP contribution in [0, 0.1) is 11.6 Å². The van der Waals surface area contributed by atoms with Crippen LogP contribution in [0.15, 0.2) is 72.8 Å². The normalized spacial score (nSPS) is 12.6. The summed E-state index contributed by atoms with van der Waals surface area (Å²) in [5.41, 5.74) is 3.95. The number of carbonyl (C=O) groups excluding carboxylic acids is 1. The van der Waals surface area contributed by atoms with Gasteiger partial charge < -0.3 is 29.9 Å². The van der Waals surface area contributed by atoms with E-state index < -0.39 is 42.1 Å². The maximum atomic E-state index is 14.8. The molecule has 0 bridgehead atoms.